The zero-order chi connectivity index (χ0) is 16.4. The molecule has 0 aliphatic heterocycles. The van der Waals surface area contributed by atoms with Gasteiger partial charge in [0.1, 0.15) is 5.75 Å². The molecule has 0 N–H and O–H groups in total. The first kappa shape index (κ1) is 15.1. The minimum Gasteiger partial charge on any atom is -0.497 e. The minimum absolute atomic E-state index is 0.0211. The first-order chi connectivity index (χ1) is 11.1. The van der Waals surface area contributed by atoms with Crippen molar-refractivity contribution in [2.24, 2.45) is 0 Å². The molecule has 1 amide bonds. The summed E-state index contributed by atoms with van der Waals surface area (Å²) in [5.74, 6) is 0.862. The van der Waals surface area contributed by atoms with Gasteiger partial charge in [-0.25, -0.2) is 0 Å². The molecule has 116 valence electrons. The Labute approximate surface area is 136 Å². The maximum Gasteiger partial charge on any atom is 0.253 e. The van der Waals surface area contributed by atoms with E-state index in [2.05, 4.69) is 12.1 Å². The predicted molar refractivity (Wildman–Crippen MR) is 94.0 cm³/mol. The van der Waals surface area contributed by atoms with Gasteiger partial charge in [0.05, 0.1) is 7.11 Å². The van der Waals surface area contributed by atoms with E-state index in [1.165, 1.54) is 0 Å². The molecule has 3 aromatic rings. The van der Waals surface area contributed by atoms with Crippen molar-refractivity contribution in [2.45, 2.75) is 0 Å². The summed E-state index contributed by atoms with van der Waals surface area (Å²) >= 11 is 0. The highest BCUT2D eigenvalue weighted by Gasteiger charge is 2.12. The Kier molecular flexibility index (Phi) is 4.02. The second-order valence-electron chi connectivity index (χ2n) is 5.67. The van der Waals surface area contributed by atoms with Crippen LogP contribution in [0.25, 0.3) is 21.9 Å². The summed E-state index contributed by atoms with van der Waals surface area (Å²) in [6, 6.07) is 20.0. The number of amides is 1. The molecular weight excluding hydrogens is 286 g/mol. The number of ether oxygens (including phenoxy) is 1. The van der Waals surface area contributed by atoms with Gasteiger partial charge >= 0.3 is 0 Å². The van der Waals surface area contributed by atoms with E-state index < -0.39 is 0 Å². The summed E-state index contributed by atoms with van der Waals surface area (Å²) in [6.07, 6.45) is 0. The van der Waals surface area contributed by atoms with Crippen LogP contribution in [0.4, 0.5) is 0 Å². The molecule has 3 nitrogen and oxygen atoms in total. The molecule has 23 heavy (non-hydrogen) atoms. The van der Waals surface area contributed by atoms with E-state index in [4.69, 9.17) is 4.74 Å². The summed E-state index contributed by atoms with van der Waals surface area (Å²) in [5.41, 5.74) is 2.97. The van der Waals surface area contributed by atoms with Gasteiger partial charge in [-0.05, 0) is 46.2 Å². The first-order valence-electron chi connectivity index (χ1n) is 7.49. The van der Waals surface area contributed by atoms with E-state index in [1.807, 2.05) is 48.5 Å². The monoisotopic (exact) mass is 305 g/mol. The predicted octanol–water partition coefficient (Wildman–Crippen LogP) is 4.22. The molecule has 0 atom stereocenters. The van der Waals surface area contributed by atoms with E-state index >= 15 is 0 Å². The smallest absolute Gasteiger partial charge is 0.253 e. The molecule has 3 aromatic carbocycles. The number of benzene rings is 3. The summed E-state index contributed by atoms with van der Waals surface area (Å²) in [5, 5.41) is 2.04. The van der Waals surface area contributed by atoms with Crippen molar-refractivity contribution >= 4 is 16.7 Å². The number of fused-ring (bicyclic) bond motifs is 1. The normalized spacial score (nSPS) is 10.6. The summed E-state index contributed by atoms with van der Waals surface area (Å²) in [4.78, 5) is 13.9. The third-order valence-corrected chi connectivity index (χ3v) is 3.94. The van der Waals surface area contributed by atoms with Crippen LogP contribution in [0.5, 0.6) is 5.75 Å². The molecule has 0 aromatic heterocycles. The molecule has 0 bridgehead atoms. The number of nitrogens with zero attached hydrogens (tertiary/aromatic N) is 1. The lowest BCUT2D eigenvalue weighted by atomic mass is 9.98. The van der Waals surface area contributed by atoms with Crippen LogP contribution >= 0.6 is 0 Å². The molecule has 0 fully saturated rings. The van der Waals surface area contributed by atoms with Crippen molar-refractivity contribution in [3.63, 3.8) is 0 Å². The number of methoxy groups -OCH3 is 1. The molecule has 0 aliphatic carbocycles. The van der Waals surface area contributed by atoms with E-state index in [0.29, 0.717) is 0 Å². The molecule has 0 radical (unpaired) electrons. The maximum atomic E-state index is 12.3. The SMILES string of the molecule is COc1ccc(-c2ccc3c(C(=O)N(C)C)cccc3c2)cc1. The Hall–Kier alpha value is -2.81. The van der Waals surface area contributed by atoms with Gasteiger partial charge in [-0.1, -0.05) is 36.4 Å². The van der Waals surface area contributed by atoms with Crippen molar-refractivity contribution in [1.29, 1.82) is 0 Å². The summed E-state index contributed by atoms with van der Waals surface area (Å²) in [7, 11) is 5.20. The highest BCUT2D eigenvalue weighted by atomic mass is 16.5. The number of hydrogen-bond donors (Lipinski definition) is 0. The highest BCUT2D eigenvalue weighted by molar-refractivity contribution is 6.07. The van der Waals surface area contributed by atoms with Gasteiger partial charge in [-0.15, -0.1) is 0 Å². The summed E-state index contributed by atoms with van der Waals surface area (Å²) in [6.45, 7) is 0. The molecule has 3 rings (SSSR count). The van der Waals surface area contributed by atoms with Crippen LogP contribution in [-0.2, 0) is 0 Å². The van der Waals surface area contributed by atoms with Gasteiger partial charge in [0, 0.05) is 19.7 Å². The van der Waals surface area contributed by atoms with E-state index in [9.17, 15) is 4.79 Å². The molecule has 0 unspecified atom stereocenters. The lowest BCUT2D eigenvalue weighted by Gasteiger charge is -2.13. The van der Waals surface area contributed by atoms with Crippen molar-refractivity contribution in [3.05, 3.63) is 66.2 Å². The minimum atomic E-state index is 0.0211. The van der Waals surface area contributed by atoms with Crippen LogP contribution in [0.3, 0.4) is 0 Å². The van der Waals surface area contributed by atoms with Gasteiger partial charge in [-0.3, -0.25) is 4.79 Å². The van der Waals surface area contributed by atoms with Gasteiger partial charge in [0.25, 0.3) is 5.91 Å². The highest BCUT2D eigenvalue weighted by Crippen LogP contribution is 2.28. The lowest BCUT2D eigenvalue weighted by molar-refractivity contribution is 0.0829. The molecule has 0 saturated heterocycles. The standard InChI is InChI=1S/C20H19NO2/c1-21(2)20(22)19-6-4-5-16-13-15(9-12-18(16)19)14-7-10-17(23-3)11-8-14/h4-13H,1-3H3. The van der Waals surface area contributed by atoms with Crippen molar-refractivity contribution in [3.8, 4) is 16.9 Å². The largest absolute Gasteiger partial charge is 0.497 e. The summed E-state index contributed by atoms with van der Waals surface area (Å²) < 4.78 is 5.20. The van der Waals surface area contributed by atoms with Crippen molar-refractivity contribution < 1.29 is 9.53 Å². The van der Waals surface area contributed by atoms with Crippen LogP contribution < -0.4 is 4.74 Å². The van der Waals surface area contributed by atoms with Crippen molar-refractivity contribution in [2.75, 3.05) is 21.2 Å². The molecule has 0 saturated carbocycles. The first-order valence-corrected chi connectivity index (χ1v) is 7.49. The van der Waals surface area contributed by atoms with Gasteiger partial charge in [-0.2, -0.15) is 0 Å². The number of carbonyl (C=O) groups is 1. The third-order valence-electron chi connectivity index (χ3n) is 3.94. The fourth-order valence-corrected chi connectivity index (χ4v) is 2.67. The fraction of sp³-hybridized carbons (Fsp3) is 0.150. The average molecular weight is 305 g/mol. The Bertz CT molecular complexity index is 851. The maximum absolute atomic E-state index is 12.3. The quantitative estimate of drug-likeness (QED) is 0.725. The van der Waals surface area contributed by atoms with E-state index in [-0.39, 0.29) is 5.91 Å². The van der Waals surface area contributed by atoms with Crippen LogP contribution in [0.15, 0.2) is 60.7 Å². The molecule has 0 aliphatic rings. The number of hydrogen-bond acceptors (Lipinski definition) is 2. The van der Waals surface area contributed by atoms with Crippen molar-refractivity contribution in [1.82, 2.24) is 4.90 Å². The van der Waals surface area contributed by atoms with E-state index in [1.54, 1.807) is 26.1 Å². The topological polar surface area (TPSA) is 29.5 Å². The molecule has 3 heteroatoms. The van der Waals surface area contributed by atoms with E-state index in [0.717, 1.165) is 33.2 Å². The zero-order valence-electron chi connectivity index (χ0n) is 13.5. The fourth-order valence-electron chi connectivity index (χ4n) is 2.67. The van der Waals surface area contributed by atoms with Gasteiger partial charge < -0.3 is 9.64 Å². The molecule has 0 heterocycles. The Morgan fingerprint density at radius 3 is 2.26 bits per heavy atom. The van der Waals surface area contributed by atoms with Crippen LogP contribution in [0.1, 0.15) is 10.4 Å². The third kappa shape index (κ3) is 2.90. The Balaban J connectivity index is 2.07. The number of carbonyl (C=O) groups excluding carboxylic acids is 1. The Morgan fingerprint density at radius 1 is 0.913 bits per heavy atom. The van der Waals surface area contributed by atoms with Gasteiger partial charge in [0.2, 0.25) is 0 Å². The van der Waals surface area contributed by atoms with Gasteiger partial charge in [0.15, 0.2) is 0 Å². The van der Waals surface area contributed by atoms with Crippen LogP contribution in [0.2, 0.25) is 0 Å². The Morgan fingerprint density at radius 2 is 1.61 bits per heavy atom. The zero-order valence-corrected chi connectivity index (χ0v) is 13.5. The second kappa shape index (κ2) is 6.13. The molecular formula is C20H19NO2. The van der Waals surface area contributed by atoms with Crippen LogP contribution in [-0.4, -0.2) is 32.0 Å². The molecule has 0 spiro atoms. The van der Waals surface area contributed by atoms with Crippen LogP contribution in [0, 0.1) is 0 Å². The lowest BCUT2D eigenvalue weighted by Crippen LogP contribution is -2.21. The number of rotatable bonds is 3. The average Bonchev–Trinajstić information content (AvgIpc) is 2.60. The second-order valence-corrected chi connectivity index (χ2v) is 5.67.